The molecule has 0 unspecified atom stereocenters. The first-order valence-electron chi connectivity index (χ1n) is 5.86. The van der Waals surface area contributed by atoms with Crippen LogP contribution in [0.25, 0.3) is 0 Å². The van der Waals surface area contributed by atoms with Gasteiger partial charge in [-0.15, -0.1) is 0 Å². The van der Waals surface area contributed by atoms with Gasteiger partial charge in [0.15, 0.2) is 5.92 Å². The van der Waals surface area contributed by atoms with Gasteiger partial charge in [0.05, 0.1) is 25.2 Å². The summed E-state index contributed by atoms with van der Waals surface area (Å²) in [7, 11) is 0. The molecule has 10 heteroatoms. The van der Waals surface area contributed by atoms with E-state index in [0.717, 1.165) is 0 Å². The second-order valence-electron chi connectivity index (χ2n) is 4.59. The summed E-state index contributed by atoms with van der Waals surface area (Å²) in [5.74, 6) is -6.13. The van der Waals surface area contributed by atoms with E-state index >= 15 is 0 Å². The second kappa shape index (κ2) is 11.2. The number of hydrogen-bond donors (Lipinski definition) is 5. The molecule has 0 aliphatic carbocycles. The zero-order valence-corrected chi connectivity index (χ0v) is 15.3. The summed E-state index contributed by atoms with van der Waals surface area (Å²) in [4.78, 5) is 32.9. The van der Waals surface area contributed by atoms with Crippen LogP contribution < -0.4 is 51.4 Å². The second-order valence-corrected chi connectivity index (χ2v) is 4.59. The average molecular weight is 346 g/mol. The Balaban J connectivity index is -0.00000200. The van der Waals surface area contributed by atoms with Crippen LogP contribution in [-0.2, 0) is 19.1 Å². The summed E-state index contributed by atoms with van der Waals surface area (Å²) in [6.07, 6.45) is -0.645. The standard InChI is InChI=1S/C12H18O9.K.H/c1-7(2-8(9(16)17)10(18)19)11(20)21-6-12(3-13,4-14)5-15;;/h8,13-15H,1-6H2,(H,16,17)(H,18,19);;/q;+1;-1. The summed E-state index contributed by atoms with van der Waals surface area (Å²) in [6, 6.07) is 0. The van der Waals surface area contributed by atoms with Crippen LogP contribution in [0.2, 0.25) is 0 Å². The van der Waals surface area contributed by atoms with Crippen LogP contribution in [0.15, 0.2) is 12.2 Å². The number of aliphatic hydroxyl groups excluding tert-OH is 3. The van der Waals surface area contributed by atoms with Gasteiger partial charge >= 0.3 is 69.3 Å². The summed E-state index contributed by atoms with van der Waals surface area (Å²) in [5.41, 5.74) is -1.82. The quantitative estimate of drug-likeness (QED) is 0.113. The van der Waals surface area contributed by atoms with Gasteiger partial charge in [-0.25, -0.2) is 4.79 Å². The van der Waals surface area contributed by atoms with Gasteiger partial charge in [-0.3, -0.25) is 9.59 Å². The van der Waals surface area contributed by atoms with Crippen molar-refractivity contribution in [3.8, 4) is 0 Å². The van der Waals surface area contributed by atoms with E-state index in [1.165, 1.54) is 0 Å². The van der Waals surface area contributed by atoms with E-state index in [1.807, 2.05) is 0 Å². The van der Waals surface area contributed by atoms with Gasteiger partial charge in [0.1, 0.15) is 6.61 Å². The van der Waals surface area contributed by atoms with Gasteiger partial charge < -0.3 is 31.7 Å². The van der Waals surface area contributed by atoms with Gasteiger partial charge in [0, 0.05) is 12.0 Å². The number of rotatable bonds is 10. The van der Waals surface area contributed by atoms with Gasteiger partial charge in [-0.1, -0.05) is 6.58 Å². The molecule has 0 atom stereocenters. The van der Waals surface area contributed by atoms with Crippen molar-refractivity contribution in [3.05, 3.63) is 12.2 Å². The zero-order valence-electron chi connectivity index (χ0n) is 13.2. The fourth-order valence-electron chi connectivity index (χ4n) is 1.22. The number of carbonyl (C=O) groups is 3. The van der Waals surface area contributed by atoms with E-state index in [2.05, 4.69) is 6.58 Å². The normalized spacial score (nSPS) is 10.7. The molecule has 0 bridgehead atoms. The Morgan fingerprint density at radius 1 is 1.05 bits per heavy atom. The molecule has 0 spiro atoms. The molecule has 0 fully saturated rings. The molecule has 5 N–H and O–H groups in total. The van der Waals surface area contributed by atoms with E-state index in [0.29, 0.717) is 0 Å². The van der Waals surface area contributed by atoms with Crippen molar-refractivity contribution in [2.24, 2.45) is 11.3 Å². The Bertz CT molecular complexity index is 400. The molecule has 0 rings (SSSR count). The Kier molecular flexibility index (Phi) is 12.2. The molecule has 0 saturated heterocycles. The van der Waals surface area contributed by atoms with Crippen molar-refractivity contribution in [1.29, 1.82) is 0 Å². The van der Waals surface area contributed by atoms with Crippen molar-refractivity contribution in [1.82, 2.24) is 0 Å². The molecule has 0 saturated carbocycles. The maximum Gasteiger partial charge on any atom is 1.00 e. The third-order valence-electron chi connectivity index (χ3n) is 2.85. The predicted octanol–water partition coefficient (Wildman–Crippen LogP) is -4.66. The zero-order chi connectivity index (χ0) is 16.6. The minimum absolute atomic E-state index is 0. The smallest absolute Gasteiger partial charge is 1.00 e. The molecule has 0 aliphatic heterocycles. The van der Waals surface area contributed by atoms with Crippen molar-refractivity contribution in [2.45, 2.75) is 6.42 Å². The van der Waals surface area contributed by atoms with E-state index in [1.54, 1.807) is 0 Å². The molecule has 0 aromatic heterocycles. The summed E-state index contributed by atoms with van der Waals surface area (Å²) < 4.78 is 4.70. The van der Waals surface area contributed by atoms with Gasteiger partial charge in [0.25, 0.3) is 0 Å². The summed E-state index contributed by atoms with van der Waals surface area (Å²) in [5, 5.41) is 44.4. The Morgan fingerprint density at radius 2 is 1.45 bits per heavy atom. The van der Waals surface area contributed by atoms with Crippen LogP contribution in [0, 0.1) is 11.3 Å². The van der Waals surface area contributed by atoms with E-state index in [-0.39, 0.29) is 58.4 Å². The molecule has 0 aromatic rings. The SMILES string of the molecule is C=C(CC(C(=O)O)C(=O)O)C(=O)OCC(CO)(CO)CO.[H-].[K+]. The first-order valence-corrected chi connectivity index (χ1v) is 5.86. The molecule has 0 heterocycles. The number of esters is 1. The number of hydrogen-bond acceptors (Lipinski definition) is 7. The minimum Gasteiger partial charge on any atom is -1.00 e. The number of carbonyl (C=O) groups excluding carboxylic acids is 1. The molecule has 9 nitrogen and oxygen atoms in total. The molecule has 0 aliphatic rings. The number of ether oxygens (including phenoxy) is 1. The van der Waals surface area contributed by atoms with Crippen molar-refractivity contribution >= 4 is 17.9 Å². The number of carboxylic acid groups (broad SMARTS) is 2. The number of aliphatic carboxylic acids is 2. The number of carboxylic acids is 2. The van der Waals surface area contributed by atoms with Crippen molar-refractivity contribution < 1.29 is 97.5 Å². The molecule has 0 radical (unpaired) electrons. The maximum absolute atomic E-state index is 11.6. The minimum atomic E-state index is -1.83. The largest absolute Gasteiger partial charge is 1.00 e. The van der Waals surface area contributed by atoms with Crippen LogP contribution in [-0.4, -0.2) is 69.9 Å². The third kappa shape index (κ3) is 7.29. The van der Waals surface area contributed by atoms with Gasteiger partial charge in [0.2, 0.25) is 0 Å². The Hall–Kier alpha value is -0.334. The van der Waals surface area contributed by atoms with Crippen LogP contribution in [0.4, 0.5) is 0 Å². The molecular weight excluding hydrogens is 327 g/mol. The molecule has 22 heavy (non-hydrogen) atoms. The van der Waals surface area contributed by atoms with Crippen molar-refractivity contribution in [3.63, 3.8) is 0 Å². The first kappa shape index (κ1) is 23.9. The average Bonchev–Trinajstić information content (AvgIpc) is 2.45. The van der Waals surface area contributed by atoms with Gasteiger partial charge in [-0.05, 0) is 0 Å². The predicted molar refractivity (Wildman–Crippen MR) is 68.3 cm³/mol. The summed E-state index contributed by atoms with van der Waals surface area (Å²) in [6.45, 7) is 0.781. The van der Waals surface area contributed by atoms with E-state index in [9.17, 15) is 14.4 Å². The van der Waals surface area contributed by atoms with Crippen LogP contribution in [0.3, 0.4) is 0 Å². The summed E-state index contributed by atoms with van der Waals surface area (Å²) >= 11 is 0. The fourth-order valence-corrected chi connectivity index (χ4v) is 1.22. The van der Waals surface area contributed by atoms with E-state index < -0.39 is 62.1 Å². The Morgan fingerprint density at radius 3 is 1.77 bits per heavy atom. The topological polar surface area (TPSA) is 162 Å². The maximum atomic E-state index is 11.6. The molecule has 122 valence electrons. The monoisotopic (exact) mass is 346 g/mol. The van der Waals surface area contributed by atoms with Gasteiger partial charge in [-0.2, -0.15) is 0 Å². The molecule has 0 aromatic carbocycles. The fraction of sp³-hybridized carbons (Fsp3) is 0.583. The van der Waals surface area contributed by atoms with E-state index in [4.69, 9.17) is 30.3 Å². The van der Waals surface area contributed by atoms with Crippen molar-refractivity contribution in [2.75, 3.05) is 26.4 Å². The Labute approximate surface area is 170 Å². The van der Waals surface area contributed by atoms with Crippen LogP contribution >= 0.6 is 0 Å². The number of aliphatic hydroxyl groups is 3. The van der Waals surface area contributed by atoms with Crippen LogP contribution in [0.5, 0.6) is 0 Å². The van der Waals surface area contributed by atoms with Crippen LogP contribution in [0.1, 0.15) is 7.85 Å². The molecular formula is C12H19KO9. The molecule has 0 amide bonds. The third-order valence-corrected chi connectivity index (χ3v) is 2.85. The first-order chi connectivity index (χ1) is 9.72.